The van der Waals surface area contributed by atoms with Gasteiger partial charge in [-0.25, -0.2) is 0 Å². The van der Waals surface area contributed by atoms with E-state index in [0.29, 0.717) is 30.2 Å². The van der Waals surface area contributed by atoms with Gasteiger partial charge < -0.3 is 19.4 Å². The Morgan fingerprint density at radius 3 is 2.69 bits per heavy atom. The normalized spacial score (nSPS) is 10.4. The maximum absolute atomic E-state index is 12.5. The zero-order valence-electron chi connectivity index (χ0n) is 14.8. The maximum Gasteiger partial charge on any atom is 0.268 e. The van der Waals surface area contributed by atoms with Crippen molar-refractivity contribution in [2.45, 2.75) is 6.42 Å². The highest BCUT2D eigenvalue weighted by Gasteiger charge is 2.12. The van der Waals surface area contributed by atoms with Gasteiger partial charge in [0.1, 0.15) is 5.69 Å². The van der Waals surface area contributed by atoms with Gasteiger partial charge in [0.15, 0.2) is 11.5 Å². The summed E-state index contributed by atoms with van der Waals surface area (Å²) in [7, 11) is 3.21. The summed E-state index contributed by atoms with van der Waals surface area (Å²) in [4.78, 5) is 16.6. The molecule has 26 heavy (non-hydrogen) atoms. The molecule has 0 aliphatic heterocycles. The number of rotatable bonds is 7. The lowest BCUT2D eigenvalue weighted by atomic mass is 10.1. The van der Waals surface area contributed by atoms with Crippen LogP contribution in [0.4, 0.5) is 0 Å². The third-order valence-electron chi connectivity index (χ3n) is 4.05. The summed E-state index contributed by atoms with van der Waals surface area (Å²) >= 11 is 0. The molecular formula is C20H21N3O3. The van der Waals surface area contributed by atoms with Crippen LogP contribution >= 0.6 is 0 Å². The molecule has 1 N–H and O–H groups in total. The summed E-state index contributed by atoms with van der Waals surface area (Å²) in [5.74, 6) is 1.25. The van der Waals surface area contributed by atoms with E-state index in [0.717, 1.165) is 11.3 Å². The van der Waals surface area contributed by atoms with E-state index < -0.39 is 0 Å². The fourth-order valence-electron chi connectivity index (χ4n) is 2.73. The minimum absolute atomic E-state index is 0.126. The summed E-state index contributed by atoms with van der Waals surface area (Å²) < 4.78 is 12.4. The SMILES string of the molecule is COc1ccc(CCNC(=O)c2cccn2-c2cccnc2)cc1OC. The van der Waals surface area contributed by atoms with Gasteiger partial charge in [-0.15, -0.1) is 0 Å². The van der Waals surface area contributed by atoms with E-state index in [9.17, 15) is 4.79 Å². The van der Waals surface area contributed by atoms with Gasteiger partial charge in [0.25, 0.3) is 5.91 Å². The Kier molecular flexibility index (Phi) is 5.53. The first-order chi connectivity index (χ1) is 12.7. The first kappa shape index (κ1) is 17.5. The molecule has 6 nitrogen and oxygen atoms in total. The molecule has 0 aliphatic rings. The Morgan fingerprint density at radius 1 is 1.12 bits per heavy atom. The van der Waals surface area contributed by atoms with Gasteiger partial charge in [0.2, 0.25) is 0 Å². The Labute approximate surface area is 152 Å². The van der Waals surface area contributed by atoms with Gasteiger partial charge in [0.05, 0.1) is 26.1 Å². The molecule has 0 saturated carbocycles. The summed E-state index contributed by atoms with van der Waals surface area (Å²) in [6, 6.07) is 13.1. The second-order valence-corrected chi connectivity index (χ2v) is 5.67. The number of carbonyl (C=O) groups is 1. The summed E-state index contributed by atoms with van der Waals surface area (Å²) in [6.45, 7) is 0.520. The molecule has 0 bridgehead atoms. The number of methoxy groups -OCH3 is 2. The zero-order chi connectivity index (χ0) is 18.4. The van der Waals surface area contributed by atoms with Crippen molar-refractivity contribution in [1.29, 1.82) is 0 Å². The van der Waals surface area contributed by atoms with Gasteiger partial charge >= 0.3 is 0 Å². The van der Waals surface area contributed by atoms with Gasteiger partial charge in [-0.2, -0.15) is 0 Å². The molecule has 0 radical (unpaired) electrons. The highest BCUT2D eigenvalue weighted by atomic mass is 16.5. The second-order valence-electron chi connectivity index (χ2n) is 5.67. The lowest BCUT2D eigenvalue weighted by molar-refractivity contribution is 0.0947. The Morgan fingerprint density at radius 2 is 1.96 bits per heavy atom. The van der Waals surface area contributed by atoms with E-state index in [2.05, 4.69) is 10.3 Å². The van der Waals surface area contributed by atoms with E-state index in [1.54, 1.807) is 32.7 Å². The number of amides is 1. The molecule has 0 aliphatic carbocycles. The fourth-order valence-corrected chi connectivity index (χ4v) is 2.73. The van der Waals surface area contributed by atoms with E-state index in [-0.39, 0.29) is 5.91 Å². The molecule has 3 rings (SSSR count). The lowest BCUT2D eigenvalue weighted by Gasteiger charge is -2.11. The molecule has 2 aromatic heterocycles. The van der Waals surface area contributed by atoms with Crippen molar-refractivity contribution in [2.24, 2.45) is 0 Å². The number of ether oxygens (including phenoxy) is 2. The number of carbonyl (C=O) groups excluding carboxylic acids is 1. The first-order valence-corrected chi connectivity index (χ1v) is 8.30. The fraction of sp³-hybridized carbons (Fsp3) is 0.200. The van der Waals surface area contributed by atoms with Crippen LogP contribution in [0, 0.1) is 0 Å². The van der Waals surface area contributed by atoms with Gasteiger partial charge in [-0.1, -0.05) is 6.07 Å². The Hall–Kier alpha value is -3.28. The van der Waals surface area contributed by atoms with Crippen LogP contribution in [0.2, 0.25) is 0 Å². The minimum atomic E-state index is -0.126. The molecule has 3 aromatic rings. The monoisotopic (exact) mass is 351 g/mol. The van der Waals surface area contributed by atoms with Crippen molar-refractivity contribution in [2.75, 3.05) is 20.8 Å². The van der Waals surface area contributed by atoms with Gasteiger partial charge in [0, 0.05) is 18.9 Å². The average molecular weight is 351 g/mol. The minimum Gasteiger partial charge on any atom is -0.493 e. The Bertz CT molecular complexity index is 875. The number of pyridine rings is 1. The van der Waals surface area contributed by atoms with Crippen molar-refractivity contribution >= 4 is 5.91 Å². The topological polar surface area (TPSA) is 65.4 Å². The summed E-state index contributed by atoms with van der Waals surface area (Å²) in [5, 5.41) is 2.96. The van der Waals surface area contributed by atoms with Gasteiger partial charge in [-0.05, 0) is 48.4 Å². The number of benzene rings is 1. The quantitative estimate of drug-likeness (QED) is 0.711. The third kappa shape index (κ3) is 3.85. The van der Waals surface area contributed by atoms with Crippen LogP contribution in [-0.2, 0) is 6.42 Å². The van der Waals surface area contributed by atoms with Crippen LogP contribution in [0.1, 0.15) is 16.1 Å². The molecule has 2 heterocycles. The lowest BCUT2D eigenvalue weighted by Crippen LogP contribution is -2.27. The second kappa shape index (κ2) is 8.20. The summed E-state index contributed by atoms with van der Waals surface area (Å²) in [5.41, 5.74) is 2.48. The summed E-state index contributed by atoms with van der Waals surface area (Å²) in [6.07, 6.45) is 5.97. The third-order valence-corrected chi connectivity index (χ3v) is 4.05. The van der Waals surface area contributed by atoms with Gasteiger partial charge in [-0.3, -0.25) is 9.78 Å². The van der Waals surface area contributed by atoms with E-state index in [1.165, 1.54) is 0 Å². The molecule has 0 unspecified atom stereocenters. The number of aromatic nitrogens is 2. The highest BCUT2D eigenvalue weighted by Crippen LogP contribution is 2.27. The molecule has 1 aromatic carbocycles. The number of hydrogen-bond acceptors (Lipinski definition) is 4. The number of hydrogen-bond donors (Lipinski definition) is 1. The molecule has 0 atom stereocenters. The Balaban J connectivity index is 1.63. The van der Waals surface area contributed by atoms with E-state index >= 15 is 0 Å². The van der Waals surface area contributed by atoms with Crippen molar-refractivity contribution in [3.63, 3.8) is 0 Å². The van der Waals surface area contributed by atoms with E-state index in [1.807, 2.05) is 47.2 Å². The van der Waals surface area contributed by atoms with Crippen molar-refractivity contribution in [3.05, 3.63) is 72.3 Å². The number of nitrogens with one attached hydrogen (secondary N) is 1. The smallest absolute Gasteiger partial charge is 0.268 e. The van der Waals surface area contributed by atoms with E-state index in [4.69, 9.17) is 9.47 Å². The molecule has 1 amide bonds. The van der Waals surface area contributed by atoms with Crippen LogP contribution in [0.25, 0.3) is 5.69 Å². The number of nitrogens with zero attached hydrogens (tertiary/aromatic N) is 2. The predicted molar refractivity (Wildman–Crippen MR) is 99.1 cm³/mol. The molecule has 0 spiro atoms. The molecule has 0 saturated heterocycles. The highest BCUT2D eigenvalue weighted by molar-refractivity contribution is 5.93. The van der Waals surface area contributed by atoms with Crippen LogP contribution in [0.15, 0.2) is 61.1 Å². The van der Waals surface area contributed by atoms with Crippen LogP contribution in [0.5, 0.6) is 11.5 Å². The molecular weight excluding hydrogens is 330 g/mol. The predicted octanol–water partition coefficient (Wildman–Crippen LogP) is 2.86. The van der Waals surface area contributed by atoms with Crippen molar-refractivity contribution in [1.82, 2.24) is 14.9 Å². The van der Waals surface area contributed by atoms with Crippen LogP contribution < -0.4 is 14.8 Å². The van der Waals surface area contributed by atoms with Crippen molar-refractivity contribution < 1.29 is 14.3 Å². The van der Waals surface area contributed by atoms with Crippen molar-refractivity contribution in [3.8, 4) is 17.2 Å². The largest absolute Gasteiger partial charge is 0.493 e. The molecule has 6 heteroatoms. The maximum atomic E-state index is 12.5. The standard InChI is InChI=1S/C20H21N3O3/c1-25-18-8-7-15(13-19(18)26-2)9-11-22-20(24)17-6-4-12-23(17)16-5-3-10-21-14-16/h3-8,10,12-14H,9,11H2,1-2H3,(H,22,24). The zero-order valence-corrected chi connectivity index (χ0v) is 14.8. The first-order valence-electron chi connectivity index (χ1n) is 8.30. The molecule has 0 fully saturated rings. The van der Waals surface area contributed by atoms with Crippen LogP contribution in [-0.4, -0.2) is 36.2 Å². The van der Waals surface area contributed by atoms with Crippen LogP contribution in [0.3, 0.4) is 0 Å². The molecule has 134 valence electrons. The average Bonchev–Trinajstić information content (AvgIpc) is 3.18.